The minimum atomic E-state index is -0.966. The van der Waals surface area contributed by atoms with Gasteiger partial charge in [-0.1, -0.05) is 48.9 Å². The monoisotopic (exact) mass is 681 g/mol. The number of thiophene rings is 1. The average Bonchev–Trinajstić information content (AvgIpc) is 3.74. The number of hydrogen-bond donors (Lipinski definition) is 3. The zero-order valence-electron chi connectivity index (χ0n) is 29.2. The van der Waals surface area contributed by atoms with Crippen LogP contribution in [0, 0.1) is 12.3 Å². The van der Waals surface area contributed by atoms with Gasteiger partial charge in [-0.05, 0) is 119 Å². The second kappa shape index (κ2) is 13.4. The third-order valence-electron chi connectivity index (χ3n) is 12.5. The van der Waals surface area contributed by atoms with E-state index in [-0.39, 0.29) is 17.6 Å². The number of carbonyl (C=O) groups excluding carboxylic acids is 2. The second-order valence-corrected chi connectivity index (χ2v) is 16.7. The summed E-state index contributed by atoms with van der Waals surface area (Å²) >= 11 is 1.52. The van der Waals surface area contributed by atoms with Gasteiger partial charge in [0.1, 0.15) is 5.54 Å². The molecule has 2 bridgehead atoms. The molecule has 8 heteroatoms. The largest absolute Gasteiger partial charge is 0.393 e. The highest BCUT2D eigenvalue weighted by atomic mass is 32.1. The van der Waals surface area contributed by atoms with Gasteiger partial charge in [0.25, 0.3) is 0 Å². The second-order valence-electron chi connectivity index (χ2n) is 15.4. The summed E-state index contributed by atoms with van der Waals surface area (Å²) in [6.45, 7) is 8.96. The first-order valence-electron chi connectivity index (χ1n) is 18.1. The molecule has 260 valence electrons. The number of aliphatic hydroxyl groups is 2. The summed E-state index contributed by atoms with van der Waals surface area (Å²) in [5, 5.41) is 26.9. The molecule has 4 atom stereocenters. The van der Waals surface area contributed by atoms with Gasteiger partial charge in [-0.2, -0.15) is 0 Å². The van der Waals surface area contributed by atoms with Crippen LogP contribution in [0.15, 0.2) is 72.3 Å². The Balaban J connectivity index is 1.19. The first kappa shape index (κ1) is 34.2. The van der Waals surface area contributed by atoms with Crippen molar-refractivity contribution >= 4 is 28.7 Å². The molecule has 1 amide bonds. The standard InChI is InChI=1S/C41H51N3O4S/c1-28-8-7-18-39(3)35(33-15-13-30(24-32(45)14-11-28)25-34(33)37(46)36-16-12-29(2)49-36)17-19-41(39,48)26-43-22-20-40(21-23-43)38(47)42-27-44(40)31-9-5-4-6-10-31/h4-6,8-10,12-13,15-16,25,32,35,45,48H,7,11,14,17-24,26-27H2,1-3H3,(H,42,47). The fraction of sp³-hybridized carbons (Fsp3) is 0.512. The normalized spacial score (nSPS) is 29.0. The lowest BCUT2D eigenvalue weighted by molar-refractivity contribution is -0.126. The number of likely N-dealkylation sites (tertiary alicyclic amines) is 1. The van der Waals surface area contributed by atoms with Crippen molar-refractivity contribution in [3.8, 4) is 0 Å². The fourth-order valence-electron chi connectivity index (χ4n) is 9.37. The summed E-state index contributed by atoms with van der Waals surface area (Å²) in [5.41, 5.74) is 3.02. The van der Waals surface area contributed by atoms with Gasteiger partial charge in [0.2, 0.25) is 11.7 Å². The minimum Gasteiger partial charge on any atom is -0.393 e. The molecule has 5 aliphatic rings. The van der Waals surface area contributed by atoms with Crippen molar-refractivity contribution in [3.63, 3.8) is 0 Å². The number of hydrogen-bond acceptors (Lipinski definition) is 7. The van der Waals surface area contributed by atoms with Crippen LogP contribution < -0.4 is 10.2 Å². The number of amides is 1. The molecule has 0 radical (unpaired) electrons. The lowest BCUT2D eigenvalue weighted by Crippen LogP contribution is -2.59. The van der Waals surface area contributed by atoms with Crippen molar-refractivity contribution < 1.29 is 19.8 Å². The Bertz CT molecular complexity index is 1730. The number of fused-ring (bicyclic) bond motifs is 8. The molecule has 1 spiro atoms. The highest BCUT2D eigenvalue weighted by molar-refractivity contribution is 7.14. The van der Waals surface area contributed by atoms with E-state index in [0.717, 1.165) is 65.3 Å². The number of aliphatic hydroxyl groups excluding tert-OH is 1. The van der Waals surface area contributed by atoms with Crippen LogP contribution in [-0.2, 0) is 11.2 Å². The number of carbonyl (C=O) groups is 2. The summed E-state index contributed by atoms with van der Waals surface area (Å²) < 4.78 is 0. The van der Waals surface area contributed by atoms with E-state index in [4.69, 9.17) is 0 Å². The predicted octanol–water partition coefficient (Wildman–Crippen LogP) is 6.75. The number of nitrogens with one attached hydrogen (secondary N) is 1. The van der Waals surface area contributed by atoms with E-state index in [1.807, 2.05) is 43.3 Å². The molecule has 2 saturated heterocycles. The van der Waals surface area contributed by atoms with Crippen molar-refractivity contribution in [2.75, 3.05) is 31.2 Å². The van der Waals surface area contributed by atoms with Crippen LogP contribution >= 0.6 is 11.3 Å². The third kappa shape index (κ3) is 6.30. The van der Waals surface area contributed by atoms with Gasteiger partial charge in [0, 0.05) is 41.2 Å². The molecule has 49 heavy (non-hydrogen) atoms. The number of β-amino-alcohol motifs (C(OH)–C–C–N with tert-alkyl or cyclic N) is 1. The highest BCUT2D eigenvalue weighted by Gasteiger charge is 2.58. The maximum Gasteiger partial charge on any atom is 0.247 e. The van der Waals surface area contributed by atoms with Crippen molar-refractivity contribution in [2.24, 2.45) is 5.41 Å². The SMILES string of the molecule is CC1=CCCC2(C)C(CCC2(O)CN2CCC3(CC2)C(=O)NCN3c2ccccc2)c2ccc(cc2C(=O)c2ccc(C)s2)CC(O)CC1. The summed E-state index contributed by atoms with van der Waals surface area (Å²) in [5.74, 6) is 0.132. The Morgan fingerprint density at radius 3 is 2.51 bits per heavy atom. The number of benzene rings is 2. The molecule has 2 aliphatic heterocycles. The van der Waals surface area contributed by atoms with E-state index in [2.05, 4.69) is 59.3 Å². The van der Waals surface area contributed by atoms with Gasteiger partial charge in [0.05, 0.1) is 23.3 Å². The summed E-state index contributed by atoms with van der Waals surface area (Å²) in [7, 11) is 0. The quantitative estimate of drug-likeness (QED) is 0.204. The lowest BCUT2D eigenvalue weighted by Gasteiger charge is -2.49. The van der Waals surface area contributed by atoms with Crippen LogP contribution in [0.4, 0.5) is 5.69 Å². The number of piperidine rings is 1. The van der Waals surface area contributed by atoms with E-state index in [1.54, 1.807) is 0 Å². The number of rotatable bonds is 5. The van der Waals surface area contributed by atoms with E-state index in [0.29, 0.717) is 50.9 Å². The van der Waals surface area contributed by atoms with E-state index in [9.17, 15) is 19.8 Å². The average molecular weight is 682 g/mol. The summed E-state index contributed by atoms with van der Waals surface area (Å²) in [4.78, 5) is 34.0. The van der Waals surface area contributed by atoms with Crippen LogP contribution in [0.1, 0.15) is 102 Å². The van der Waals surface area contributed by atoms with Crippen LogP contribution in [-0.4, -0.2) is 70.4 Å². The zero-order chi connectivity index (χ0) is 34.4. The van der Waals surface area contributed by atoms with Gasteiger partial charge in [-0.3, -0.25) is 9.59 Å². The maximum atomic E-state index is 14.2. The van der Waals surface area contributed by atoms with E-state index >= 15 is 0 Å². The summed E-state index contributed by atoms with van der Waals surface area (Å²) in [6, 6.07) is 20.4. The van der Waals surface area contributed by atoms with Gasteiger partial charge >= 0.3 is 0 Å². The van der Waals surface area contributed by atoms with Crippen molar-refractivity contribution in [1.29, 1.82) is 0 Å². The lowest BCUT2D eigenvalue weighted by atomic mass is 9.64. The molecule has 8 rings (SSSR count). The van der Waals surface area contributed by atoms with Gasteiger partial charge in [0.15, 0.2) is 0 Å². The molecular formula is C41H51N3O4S. The molecule has 1 saturated carbocycles. The smallest absolute Gasteiger partial charge is 0.247 e. The van der Waals surface area contributed by atoms with Crippen molar-refractivity contribution in [2.45, 2.75) is 102 Å². The Kier molecular flexibility index (Phi) is 9.37. The Hall–Kier alpha value is -3.30. The molecule has 3 fully saturated rings. The molecule has 4 unspecified atom stereocenters. The summed E-state index contributed by atoms with van der Waals surface area (Å²) in [6.07, 6.45) is 8.33. The van der Waals surface area contributed by atoms with Crippen LogP contribution in [0.3, 0.4) is 0 Å². The first-order valence-corrected chi connectivity index (χ1v) is 19.0. The van der Waals surface area contributed by atoms with Crippen LogP contribution in [0.2, 0.25) is 0 Å². The van der Waals surface area contributed by atoms with Gasteiger partial charge in [-0.15, -0.1) is 11.3 Å². The molecule has 3 heterocycles. The number of aryl methyl sites for hydroxylation is 1. The molecule has 3 aliphatic carbocycles. The highest BCUT2D eigenvalue weighted by Crippen LogP contribution is 2.59. The van der Waals surface area contributed by atoms with Crippen molar-refractivity contribution in [1.82, 2.24) is 10.2 Å². The topological polar surface area (TPSA) is 93.1 Å². The maximum absolute atomic E-state index is 14.2. The molecule has 3 aromatic rings. The fourth-order valence-corrected chi connectivity index (χ4v) is 10.2. The third-order valence-corrected chi connectivity index (χ3v) is 13.5. The predicted molar refractivity (Wildman–Crippen MR) is 196 cm³/mol. The van der Waals surface area contributed by atoms with Crippen LogP contribution in [0.25, 0.3) is 0 Å². The molecule has 1 aromatic heterocycles. The van der Waals surface area contributed by atoms with Crippen LogP contribution in [0.5, 0.6) is 0 Å². The van der Waals surface area contributed by atoms with Crippen molar-refractivity contribution in [3.05, 3.63) is 98.8 Å². The first-order chi connectivity index (χ1) is 23.5. The van der Waals surface area contributed by atoms with Gasteiger partial charge < -0.3 is 25.3 Å². The molecular weight excluding hydrogens is 631 g/mol. The Labute approximate surface area is 295 Å². The van der Waals surface area contributed by atoms with E-state index in [1.165, 1.54) is 16.9 Å². The number of anilines is 1. The number of nitrogens with zero attached hydrogens (tertiary/aromatic N) is 2. The Morgan fingerprint density at radius 2 is 1.78 bits per heavy atom. The minimum absolute atomic E-state index is 0.00144. The zero-order valence-corrected chi connectivity index (χ0v) is 30.0. The number of allylic oxidation sites excluding steroid dienone is 2. The molecule has 7 nitrogen and oxygen atoms in total. The Morgan fingerprint density at radius 1 is 1.00 bits per heavy atom. The molecule has 2 aromatic carbocycles. The number of para-hydroxylation sites is 1. The number of ketones is 1. The molecule has 3 N–H and O–H groups in total. The van der Waals surface area contributed by atoms with E-state index < -0.39 is 22.7 Å². The van der Waals surface area contributed by atoms with Gasteiger partial charge in [-0.25, -0.2) is 0 Å².